The Balaban J connectivity index is 3.02. The van der Waals surface area contributed by atoms with Gasteiger partial charge in [-0.15, -0.1) is 0 Å². The molecule has 3 N–H and O–H groups in total. The van der Waals surface area contributed by atoms with Crippen molar-refractivity contribution in [3.05, 3.63) is 35.5 Å². The molecule has 104 valence electrons. The molecule has 0 atom stereocenters. The van der Waals surface area contributed by atoms with Crippen LogP contribution in [-0.2, 0) is 6.18 Å². The van der Waals surface area contributed by atoms with Gasteiger partial charge in [0.15, 0.2) is 0 Å². The van der Waals surface area contributed by atoms with Gasteiger partial charge in [0.1, 0.15) is 5.84 Å². The molecule has 0 aliphatic carbocycles. The van der Waals surface area contributed by atoms with Gasteiger partial charge >= 0.3 is 6.18 Å². The normalized spacial score (nSPS) is 13.6. The number of alkyl halides is 3. The summed E-state index contributed by atoms with van der Waals surface area (Å²) in [6.07, 6.45) is -2.67. The summed E-state index contributed by atoms with van der Waals surface area (Å²) in [4.78, 5) is 4.16. The number of hydrogen-bond donors (Lipinski definition) is 2. The summed E-state index contributed by atoms with van der Waals surface area (Å²) < 4.78 is 38.1. The van der Waals surface area contributed by atoms with Crippen molar-refractivity contribution < 1.29 is 13.2 Å². The van der Waals surface area contributed by atoms with E-state index in [0.717, 1.165) is 11.8 Å². The molecule has 0 heterocycles. The minimum atomic E-state index is -4.47. The van der Waals surface area contributed by atoms with Crippen LogP contribution in [-0.4, -0.2) is 5.84 Å². The van der Waals surface area contributed by atoms with Crippen LogP contribution in [0, 0.1) is 0 Å². The summed E-state index contributed by atoms with van der Waals surface area (Å²) in [5.74, 6) is 0.508. The second-order valence-electron chi connectivity index (χ2n) is 4.05. The number of aliphatic imine (C=N–C) groups is 1. The Morgan fingerprint density at radius 2 is 1.95 bits per heavy atom. The molecule has 0 bridgehead atoms. The Morgan fingerprint density at radius 1 is 1.32 bits per heavy atom. The fourth-order valence-electron chi connectivity index (χ4n) is 1.45. The van der Waals surface area contributed by atoms with Crippen molar-refractivity contribution in [2.45, 2.75) is 26.9 Å². The van der Waals surface area contributed by atoms with Crippen molar-refractivity contribution in [1.82, 2.24) is 0 Å². The SMILES string of the molecule is C/C=C(/C)N=C(C)Nc1ccc(N)c(C(F)(F)F)c1. The average Bonchev–Trinajstić information content (AvgIpc) is 2.29. The predicted octanol–water partition coefficient (Wildman–Crippen LogP) is 4.04. The van der Waals surface area contributed by atoms with Crippen LogP contribution in [0.5, 0.6) is 0 Å². The lowest BCUT2D eigenvalue weighted by atomic mass is 10.1. The maximum absolute atomic E-state index is 12.7. The van der Waals surface area contributed by atoms with Gasteiger partial charge in [-0.2, -0.15) is 13.2 Å². The van der Waals surface area contributed by atoms with E-state index in [1.54, 1.807) is 19.9 Å². The average molecular weight is 271 g/mol. The zero-order chi connectivity index (χ0) is 14.6. The Kier molecular flexibility index (Phi) is 4.58. The van der Waals surface area contributed by atoms with Gasteiger partial charge in [0.05, 0.1) is 5.56 Å². The van der Waals surface area contributed by atoms with Crippen molar-refractivity contribution in [2.75, 3.05) is 11.1 Å². The van der Waals surface area contributed by atoms with E-state index < -0.39 is 11.7 Å². The van der Waals surface area contributed by atoms with E-state index in [2.05, 4.69) is 10.3 Å². The molecule has 1 aromatic carbocycles. The van der Waals surface area contributed by atoms with E-state index in [4.69, 9.17) is 5.73 Å². The first-order valence-corrected chi connectivity index (χ1v) is 5.66. The maximum Gasteiger partial charge on any atom is 0.418 e. The molecule has 19 heavy (non-hydrogen) atoms. The fraction of sp³-hybridized carbons (Fsp3) is 0.308. The van der Waals surface area contributed by atoms with Crippen LogP contribution in [0.2, 0.25) is 0 Å². The van der Waals surface area contributed by atoms with Crippen LogP contribution in [0.1, 0.15) is 26.3 Å². The molecule has 3 nitrogen and oxygen atoms in total. The summed E-state index contributed by atoms with van der Waals surface area (Å²) in [6.45, 7) is 5.31. The minimum absolute atomic E-state index is 0.294. The number of hydrogen-bond acceptors (Lipinski definition) is 2. The number of allylic oxidation sites excluding steroid dienone is 2. The van der Waals surface area contributed by atoms with Gasteiger partial charge in [0.25, 0.3) is 0 Å². The lowest BCUT2D eigenvalue weighted by Crippen LogP contribution is -2.12. The van der Waals surface area contributed by atoms with Crippen molar-refractivity contribution in [1.29, 1.82) is 0 Å². The third-order valence-electron chi connectivity index (χ3n) is 2.45. The molecule has 0 aliphatic heterocycles. The molecule has 6 heteroatoms. The highest BCUT2D eigenvalue weighted by atomic mass is 19.4. The minimum Gasteiger partial charge on any atom is -0.398 e. The molecule has 0 unspecified atom stereocenters. The molecule has 0 fully saturated rings. The smallest absolute Gasteiger partial charge is 0.398 e. The number of halogens is 3. The Bertz CT molecular complexity index is 516. The first kappa shape index (κ1) is 15.1. The molecule has 1 rings (SSSR count). The lowest BCUT2D eigenvalue weighted by molar-refractivity contribution is -0.136. The molecule has 0 radical (unpaired) electrons. The second kappa shape index (κ2) is 5.77. The number of anilines is 2. The maximum atomic E-state index is 12.7. The fourth-order valence-corrected chi connectivity index (χ4v) is 1.45. The van der Waals surface area contributed by atoms with E-state index in [1.165, 1.54) is 12.1 Å². The van der Waals surface area contributed by atoms with Gasteiger partial charge in [-0.1, -0.05) is 6.08 Å². The van der Waals surface area contributed by atoms with Crippen molar-refractivity contribution in [3.63, 3.8) is 0 Å². The molecule has 0 spiro atoms. The van der Waals surface area contributed by atoms with E-state index >= 15 is 0 Å². The second-order valence-corrected chi connectivity index (χ2v) is 4.05. The first-order chi connectivity index (χ1) is 8.74. The number of nitrogens with one attached hydrogen (secondary N) is 1. The molecule has 0 saturated carbocycles. The topological polar surface area (TPSA) is 50.4 Å². The largest absolute Gasteiger partial charge is 0.418 e. The van der Waals surface area contributed by atoms with E-state index in [9.17, 15) is 13.2 Å². The van der Waals surface area contributed by atoms with Crippen molar-refractivity contribution in [2.24, 2.45) is 4.99 Å². The van der Waals surface area contributed by atoms with Gasteiger partial charge in [-0.25, -0.2) is 4.99 Å². The third kappa shape index (κ3) is 4.31. The van der Waals surface area contributed by atoms with Crippen LogP contribution < -0.4 is 11.1 Å². The number of nitrogens with zero attached hydrogens (tertiary/aromatic N) is 1. The van der Waals surface area contributed by atoms with E-state index in [0.29, 0.717) is 11.5 Å². The number of benzene rings is 1. The van der Waals surface area contributed by atoms with Crippen LogP contribution in [0.3, 0.4) is 0 Å². The highest BCUT2D eigenvalue weighted by Gasteiger charge is 2.33. The third-order valence-corrected chi connectivity index (χ3v) is 2.45. The molecule has 0 aromatic heterocycles. The Morgan fingerprint density at radius 3 is 2.47 bits per heavy atom. The highest BCUT2D eigenvalue weighted by molar-refractivity contribution is 5.94. The zero-order valence-electron chi connectivity index (χ0n) is 11.0. The van der Waals surface area contributed by atoms with E-state index in [-0.39, 0.29) is 5.69 Å². The molecular weight excluding hydrogens is 255 g/mol. The predicted molar refractivity (Wildman–Crippen MR) is 72.0 cm³/mol. The summed E-state index contributed by atoms with van der Waals surface area (Å²) in [5, 5.41) is 2.80. The summed E-state index contributed by atoms with van der Waals surface area (Å²) in [5.41, 5.74) is 5.25. The van der Waals surface area contributed by atoms with Gasteiger partial charge in [-0.3, -0.25) is 0 Å². The molecule has 0 amide bonds. The number of rotatable bonds is 2. The summed E-state index contributed by atoms with van der Waals surface area (Å²) in [7, 11) is 0. The quantitative estimate of drug-likeness (QED) is 0.484. The molecule has 1 aromatic rings. The zero-order valence-corrected chi connectivity index (χ0v) is 11.0. The standard InChI is InChI=1S/C13H16F3N3/c1-4-8(2)18-9(3)19-10-5-6-12(17)11(7-10)13(14,15)16/h4-7H,17H2,1-3H3,(H,18,19)/b8-4-. The number of nitrogens with two attached hydrogens (primary N) is 1. The van der Waals surface area contributed by atoms with Gasteiger partial charge in [-0.05, 0) is 39.0 Å². The lowest BCUT2D eigenvalue weighted by Gasteiger charge is -2.13. The Labute approximate surface area is 110 Å². The van der Waals surface area contributed by atoms with Crippen LogP contribution in [0.4, 0.5) is 24.5 Å². The monoisotopic (exact) mass is 271 g/mol. The first-order valence-electron chi connectivity index (χ1n) is 5.66. The van der Waals surface area contributed by atoms with Crippen molar-refractivity contribution >= 4 is 17.2 Å². The molecule has 0 aliphatic rings. The number of nitrogen functional groups attached to an aromatic ring is 1. The summed E-state index contributed by atoms with van der Waals surface area (Å²) >= 11 is 0. The van der Waals surface area contributed by atoms with Gasteiger partial charge in [0, 0.05) is 17.1 Å². The van der Waals surface area contributed by atoms with Crippen LogP contribution >= 0.6 is 0 Å². The van der Waals surface area contributed by atoms with Gasteiger partial charge in [0.2, 0.25) is 0 Å². The molecule has 0 saturated heterocycles. The van der Waals surface area contributed by atoms with E-state index in [1.807, 2.05) is 6.92 Å². The number of amidine groups is 1. The van der Waals surface area contributed by atoms with Crippen molar-refractivity contribution in [3.8, 4) is 0 Å². The van der Waals surface area contributed by atoms with Gasteiger partial charge < -0.3 is 11.1 Å². The summed E-state index contributed by atoms with van der Waals surface area (Å²) in [6, 6.07) is 3.68. The molecular formula is C13H16F3N3. The van der Waals surface area contributed by atoms with Crippen LogP contribution in [0.25, 0.3) is 0 Å². The van der Waals surface area contributed by atoms with Crippen LogP contribution in [0.15, 0.2) is 35.0 Å². The Hall–Kier alpha value is -1.98. The highest BCUT2D eigenvalue weighted by Crippen LogP contribution is 2.35.